The Morgan fingerprint density at radius 2 is 2.22 bits per heavy atom. The molecule has 94 valence electrons. The monoisotopic (exact) mass is 325 g/mol. The summed E-state index contributed by atoms with van der Waals surface area (Å²) in [5.41, 5.74) is 1.93. The Balaban J connectivity index is 1.80. The van der Waals surface area contributed by atoms with Crippen LogP contribution in [-0.2, 0) is 6.54 Å². The number of benzene rings is 1. The van der Waals surface area contributed by atoms with Gasteiger partial charge in [-0.1, -0.05) is 27.5 Å². The molecule has 5 heteroatoms. The van der Waals surface area contributed by atoms with Gasteiger partial charge in [0.25, 0.3) is 0 Å². The number of rotatable bonds is 4. The van der Waals surface area contributed by atoms with E-state index in [0.717, 1.165) is 22.4 Å². The van der Waals surface area contributed by atoms with Gasteiger partial charge in [0.2, 0.25) is 0 Å². The predicted molar refractivity (Wildman–Crippen MR) is 76.1 cm³/mol. The summed E-state index contributed by atoms with van der Waals surface area (Å²) >= 11 is 9.63. The van der Waals surface area contributed by atoms with E-state index in [4.69, 9.17) is 11.6 Å². The summed E-state index contributed by atoms with van der Waals surface area (Å²) in [6.07, 6.45) is 4.52. The largest absolute Gasteiger partial charge is 0.308 e. The van der Waals surface area contributed by atoms with Gasteiger partial charge in [-0.05, 0) is 37.1 Å². The average Bonchev–Trinajstić information content (AvgIpc) is 3.08. The highest BCUT2D eigenvalue weighted by atomic mass is 79.9. The Labute approximate surface area is 119 Å². The second-order valence-corrected chi connectivity index (χ2v) is 5.83. The van der Waals surface area contributed by atoms with Gasteiger partial charge in [0.05, 0.1) is 16.4 Å². The quantitative estimate of drug-likeness (QED) is 0.931. The van der Waals surface area contributed by atoms with Crippen molar-refractivity contribution in [2.24, 2.45) is 0 Å². The molecule has 0 atom stereocenters. The number of hydrogen-bond acceptors (Lipinski definition) is 2. The first-order valence-corrected chi connectivity index (χ1v) is 7.13. The third-order valence-corrected chi connectivity index (χ3v) is 3.76. The van der Waals surface area contributed by atoms with E-state index < -0.39 is 0 Å². The molecule has 1 fully saturated rings. The lowest BCUT2D eigenvalue weighted by Gasteiger charge is -2.05. The highest BCUT2D eigenvalue weighted by molar-refractivity contribution is 9.10. The number of nitrogens with one attached hydrogen (secondary N) is 1. The molecule has 2 aromatic rings. The molecule has 0 saturated heterocycles. The molecule has 0 radical (unpaired) electrons. The lowest BCUT2D eigenvalue weighted by Crippen LogP contribution is -2.15. The summed E-state index contributed by atoms with van der Waals surface area (Å²) in [6, 6.07) is 8.47. The summed E-state index contributed by atoms with van der Waals surface area (Å²) < 4.78 is 2.81. The Morgan fingerprint density at radius 3 is 3.00 bits per heavy atom. The second-order valence-electron chi connectivity index (χ2n) is 4.50. The zero-order chi connectivity index (χ0) is 12.5. The summed E-state index contributed by atoms with van der Waals surface area (Å²) in [7, 11) is 0. The Bertz CT molecular complexity index is 563. The molecule has 1 aromatic heterocycles. The molecule has 0 unspecified atom stereocenters. The molecule has 1 aliphatic rings. The van der Waals surface area contributed by atoms with Crippen LogP contribution in [0, 0.1) is 0 Å². The van der Waals surface area contributed by atoms with E-state index in [1.807, 2.05) is 35.1 Å². The summed E-state index contributed by atoms with van der Waals surface area (Å²) in [5.74, 6) is 0. The van der Waals surface area contributed by atoms with Crippen LogP contribution in [0.25, 0.3) is 5.69 Å². The molecular formula is C13H13BrClN3. The van der Waals surface area contributed by atoms with Crippen molar-refractivity contribution in [2.75, 3.05) is 0 Å². The van der Waals surface area contributed by atoms with E-state index in [0.29, 0.717) is 11.1 Å². The van der Waals surface area contributed by atoms with Crippen molar-refractivity contribution in [3.63, 3.8) is 0 Å². The minimum atomic E-state index is 0.697. The molecule has 18 heavy (non-hydrogen) atoms. The summed E-state index contributed by atoms with van der Waals surface area (Å²) in [4.78, 5) is 0. The highest BCUT2D eigenvalue weighted by Gasteiger charge is 2.20. The van der Waals surface area contributed by atoms with Crippen LogP contribution in [0.3, 0.4) is 0 Å². The van der Waals surface area contributed by atoms with E-state index in [1.54, 1.807) is 0 Å². The Morgan fingerprint density at radius 1 is 1.39 bits per heavy atom. The van der Waals surface area contributed by atoms with Crippen molar-refractivity contribution in [3.8, 4) is 5.69 Å². The Kier molecular flexibility index (Phi) is 3.41. The smallest absolute Gasteiger partial charge is 0.0843 e. The fourth-order valence-electron chi connectivity index (χ4n) is 1.79. The van der Waals surface area contributed by atoms with Crippen molar-refractivity contribution in [1.29, 1.82) is 0 Å². The van der Waals surface area contributed by atoms with Crippen molar-refractivity contribution in [3.05, 3.63) is 45.7 Å². The molecule has 0 bridgehead atoms. The summed E-state index contributed by atoms with van der Waals surface area (Å²) in [6.45, 7) is 0.823. The van der Waals surface area contributed by atoms with Crippen LogP contribution >= 0.6 is 27.5 Å². The van der Waals surface area contributed by atoms with Crippen LogP contribution in [0.4, 0.5) is 0 Å². The lowest BCUT2D eigenvalue weighted by atomic mass is 10.3. The number of halogens is 2. The van der Waals surface area contributed by atoms with Gasteiger partial charge in [0.1, 0.15) is 0 Å². The molecule has 1 heterocycles. The zero-order valence-electron chi connectivity index (χ0n) is 9.74. The van der Waals surface area contributed by atoms with Crippen molar-refractivity contribution >= 4 is 27.5 Å². The van der Waals surface area contributed by atoms with Crippen LogP contribution in [0.15, 0.2) is 34.9 Å². The molecule has 3 nitrogen and oxygen atoms in total. The number of hydrogen-bond donors (Lipinski definition) is 1. The molecule has 1 aromatic carbocycles. The molecular weight excluding hydrogens is 314 g/mol. The van der Waals surface area contributed by atoms with Gasteiger partial charge in [-0.15, -0.1) is 0 Å². The highest BCUT2D eigenvalue weighted by Crippen LogP contribution is 2.24. The molecule has 1 N–H and O–H groups in total. The van der Waals surface area contributed by atoms with Gasteiger partial charge >= 0.3 is 0 Å². The maximum absolute atomic E-state index is 6.18. The second kappa shape index (κ2) is 5.03. The first-order valence-electron chi connectivity index (χ1n) is 5.96. The minimum Gasteiger partial charge on any atom is -0.308 e. The van der Waals surface area contributed by atoms with Crippen molar-refractivity contribution < 1.29 is 0 Å². The van der Waals surface area contributed by atoms with E-state index in [2.05, 4.69) is 26.3 Å². The van der Waals surface area contributed by atoms with E-state index in [1.165, 1.54) is 12.8 Å². The van der Waals surface area contributed by atoms with Gasteiger partial charge in [0.15, 0.2) is 0 Å². The molecule has 1 saturated carbocycles. The van der Waals surface area contributed by atoms with Crippen LogP contribution in [-0.4, -0.2) is 15.8 Å². The fourth-order valence-corrected chi connectivity index (χ4v) is 2.34. The standard InChI is InChI=1S/C13H13BrClN3/c14-9-1-4-12(15)13(7-9)18-6-5-11(17-18)8-16-10-2-3-10/h1,4-7,10,16H,2-3,8H2. The first-order chi connectivity index (χ1) is 8.72. The van der Waals surface area contributed by atoms with E-state index in [-0.39, 0.29) is 0 Å². The van der Waals surface area contributed by atoms with Gasteiger partial charge in [-0.2, -0.15) is 5.10 Å². The maximum atomic E-state index is 6.18. The third-order valence-electron chi connectivity index (χ3n) is 2.95. The minimum absolute atomic E-state index is 0.697. The van der Waals surface area contributed by atoms with Crippen LogP contribution in [0.2, 0.25) is 5.02 Å². The maximum Gasteiger partial charge on any atom is 0.0843 e. The van der Waals surface area contributed by atoms with Gasteiger partial charge in [0, 0.05) is 23.3 Å². The zero-order valence-corrected chi connectivity index (χ0v) is 12.1. The number of aromatic nitrogens is 2. The average molecular weight is 327 g/mol. The third kappa shape index (κ3) is 2.76. The van der Waals surface area contributed by atoms with Crippen LogP contribution in [0.1, 0.15) is 18.5 Å². The topological polar surface area (TPSA) is 29.9 Å². The molecule has 3 rings (SSSR count). The van der Waals surface area contributed by atoms with Gasteiger partial charge < -0.3 is 5.32 Å². The normalized spacial score (nSPS) is 15.0. The number of nitrogens with zero attached hydrogens (tertiary/aromatic N) is 2. The van der Waals surface area contributed by atoms with Gasteiger partial charge in [-0.3, -0.25) is 0 Å². The van der Waals surface area contributed by atoms with Crippen molar-refractivity contribution in [2.45, 2.75) is 25.4 Å². The first kappa shape index (κ1) is 12.2. The van der Waals surface area contributed by atoms with E-state index >= 15 is 0 Å². The van der Waals surface area contributed by atoms with Gasteiger partial charge in [-0.25, -0.2) is 4.68 Å². The lowest BCUT2D eigenvalue weighted by molar-refractivity contribution is 0.665. The van der Waals surface area contributed by atoms with Crippen LogP contribution < -0.4 is 5.32 Å². The van der Waals surface area contributed by atoms with Crippen molar-refractivity contribution in [1.82, 2.24) is 15.1 Å². The predicted octanol–water partition coefficient (Wildman–Crippen LogP) is 3.54. The summed E-state index contributed by atoms with van der Waals surface area (Å²) in [5, 5.41) is 8.67. The molecule has 0 spiro atoms. The Hall–Kier alpha value is -0.840. The molecule has 1 aliphatic carbocycles. The fraction of sp³-hybridized carbons (Fsp3) is 0.308. The SMILES string of the molecule is Clc1ccc(Br)cc1-n1ccc(CNC2CC2)n1. The van der Waals surface area contributed by atoms with Crippen LogP contribution in [0.5, 0.6) is 0 Å². The molecule has 0 aliphatic heterocycles. The van der Waals surface area contributed by atoms with E-state index in [9.17, 15) is 0 Å². The molecule has 0 amide bonds.